The Labute approximate surface area is 123 Å². The first-order valence-electron chi connectivity index (χ1n) is 6.73. The Morgan fingerprint density at radius 2 is 1.95 bits per heavy atom. The number of hydrogen-bond acceptors (Lipinski definition) is 2. The lowest BCUT2D eigenvalue weighted by atomic mass is 10.2. The molecule has 102 valence electrons. The number of halogens is 1. The number of rotatable bonds is 6. The summed E-state index contributed by atoms with van der Waals surface area (Å²) < 4.78 is 3.22. The summed E-state index contributed by atoms with van der Waals surface area (Å²) in [7, 11) is 0. The van der Waals surface area contributed by atoms with Crippen molar-refractivity contribution in [1.82, 2.24) is 15.1 Å². The highest BCUT2D eigenvalue weighted by Crippen LogP contribution is 2.14. The number of benzene rings is 1. The minimum Gasteiger partial charge on any atom is -0.313 e. The van der Waals surface area contributed by atoms with Gasteiger partial charge in [0.25, 0.3) is 0 Å². The van der Waals surface area contributed by atoms with Crippen molar-refractivity contribution in [3.63, 3.8) is 0 Å². The van der Waals surface area contributed by atoms with Gasteiger partial charge >= 0.3 is 0 Å². The molecule has 0 bridgehead atoms. The first kappa shape index (κ1) is 14.3. The molecular formula is C15H20BrN3. The van der Waals surface area contributed by atoms with Crippen LogP contribution in [-0.4, -0.2) is 16.3 Å². The van der Waals surface area contributed by atoms with Crippen molar-refractivity contribution in [1.29, 1.82) is 0 Å². The molecule has 0 aliphatic carbocycles. The van der Waals surface area contributed by atoms with Gasteiger partial charge in [0.15, 0.2) is 0 Å². The lowest BCUT2D eigenvalue weighted by Crippen LogP contribution is -2.13. The summed E-state index contributed by atoms with van der Waals surface area (Å²) in [5.41, 5.74) is 3.90. The molecule has 0 spiro atoms. The summed E-state index contributed by atoms with van der Waals surface area (Å²) in [6.07, 6.45) is 3.00. The van der Waals surface area contributed by atoms with Gasteiger partial charge in [-0.05, 0) is 30.7 Å². The third kappa shape index (κ3) is 3.67. The monoisotopic (exact) mass is 321 g/mol. The zero-order valence-corrected chi connectivity index (χ0v) is 13.1. The van der Waals surface area contributed by atoms with Crippen LogP contribution in [0.4, 0.5) is 0 Å². The molecule has 1 N–H and O–H groups in total. The molecule has 2 rings (SSSR count). The third-order valence-electron chi connectivity index (χ3n) is 3.18. The normalized spacial score (nSPS) is 10.9. The van der Waals surface area contributed by atoms with E-state index in [4.69, 9.17) is 0 Å². The van der Waals surface area contributed by atoms with Gasteiger partial charge in [-0.2, -0.15) is 5.10 Å². The van der Waals surface area contributed by atoms with Crippen LogP contribution < -0.4 is 5.32 Å². The van der Waals surface area contributed by atoms with Crippen LogP contribution in [0.1, 0.15) is 30.7 Å². The maximum Gasteiger partial charge on any atom is 0.0662 e. The molecule has 2 aromatic rings. The van der Waals surface area contributed by atoms with Crippen LogP contribution in [0.3, 0.4) is 0 Å². The molecule has 3 nitrogen and oxygen atoms in total. The van der Waals surface area contributed by atoms with Gasteiger partial charge in [-0.3, -0.25) is 4.68 Å². The van der Waals surface area contributed by atoms with Crippen molar-refractivity contribution in [2.45, 2.75) is 33.4 Å². The second kappa shape index (κ2) is 6.87. The predicted octanol–water partition coefficient (Wildman–Crippen LogP) is 3.37. The fourth-order valence-electron chi connectivity index (χ4n) is 2.17. The lowest BCUT2D eigenvalue weighted by Gasteiger charge is -2.08. The fraction of sp³-hybridized carbons (Fsp3) is 0.400. The molecule has 0 radical (unpaired) electrons. The molecule has 0 saturated carbocycles. The standard InChI is InChI=1S/C15H20BrN3/c1-3-15-13(9-17-4-2)10-18-19(15)11-12-5-7-14(16)8-6-12/h5-8,10,17H,3-4,9,11H2,1-2H3. The molecule has 0 unspecified atom stereocenters. The van der Waals surface area contributed by atoms with E-state index >= 15 is 0 Å². The summed E-state index contributed by atoms with van der Waals surface area (Å²) >= 11 is 3.46. The number of hydrogen-bond donors (Lipinski definition) is 1. The van der Waals surface area contributed by atoms with E-state index in [2.05, 4.69) is 69.1 Å². The van der Waals surface area contributed by atoms with Crippen LogP contribution in [0.2, 0.25) is 0 Å². The molecule has 1 aromatic heterocycles. The van der Waals surface area contributed by atoms with Gasteiger partial charge in [-0.1, -0.05) is 41.9 Å². The minimum absolute atomic E-state index is 0.836. The van der Waals surface area contributed by atoms with Crippen LogP contribution in [0.5, 0.6) is 0 Å². The van der Waals surface area contributed by atoms with Gasteiger partial charge in [0.1, 0.15) is 0 Å². The Morgan fingerprint density at radius 1 is 1.21 bits per heavy atom. The smallest absolute Gasteiger partial charge is 0.0662 e. The molecule has 1 aromatic carbocycles. The topological polar surface area (TPSA) is 29.9 Å². The summed E-state index contributed by atoms with van der Waals surface area (Å²) in [5, 5.41) is 7.89. The SMILES string of the molecule is CCNCc1cnn(Cc2ccc(Br)cc2)c1CC. The summed E-state index contributed by atoms with van der Waals surface area (Å²) in [6.45, 7) is 7.03. The molecule has 0 saturated heterocycles. The first-order chi connectivity index (χ1) is 9.24. The molecular weight excluding hydrogens is 302 g/mol. The van der Waals surface area contributed by atoms with Crippen molar-refractivity contribution >= 4 is 15.9 Å². The van der Waals surface area contributed by atoms with Gasteiger partial charge < -0.3 is 5.32 Å². The van der Waals surface area contributed by atoms with E-state index in [0.717, 1.165) is 30.5 Å². The Morgan fingerprint density at radius 3 is 2.58 bits per heavy atom. The zero-order valence-electron chi connectivity index (χ0n) is 11.5. The molecule has 1 heterocycles. The number of nitrogens with one attached hydrogen (secondary N) is 1. The third-order valence-corrected chi connectivity index (χ3v) is 3.71. The average Bonchev–Trinajstić information content (AvgIpc) is 2.81. The van der Waals surface area contributed by atoms with Crippen molar-refractivity contribution in [3.8, 4) is 0 Å². The van der Waals surface area contributed by atoms with Gasteiger partial charge in [-0.15, -0.1) is 0 Å². The van der Waals surface area contributed by atoms with E-state index in [1.807, 2.05) is 6.20 Å². The van der Waals surface area contributed by atoms with Crippen LogP contribution >= 0.6 is 15.9 Å². The summed E-state index contributed by atoms with van der Waals surface area (Å²) in [4.78, 5) is 0. The van der Waals surface area contributed by atoms with Crippen molar-refractivity contribution < 1.29 is 0 Å². The van der Waals surface area contributed by atoms with Crippen LogP contribution in [0.25, 0.3) is 0 Å². The Bertz CT molecular complexity index is 517. The highest BCUT2D eigenvalue weighted by atomic mass is 79.9. The maximum absolute atomic E-state index is 4.52. The highest BCUT2D eigenvalue weighted by Gasteiger charge is 2.08. The summed E-state index contributed by atoms with van der Waals surface area (Å²) in [5.74, 6) is 0. The van der Waals surface area contributed by atoms with Gasteiger partial charge in [0.2, 0.25) is 0 Å². The molecule has 0 amide bonds. The van der Waals surface area contributed by atoms with E-state index in [9.17, 15) is 0 Å². The second-order valence-corrected chi connectivity index (χ2v) is 5.45. The summed E-state index contributed by atoms with van der Waals surface area (Å²) in [6, 6.07) is 8.42. The quantitative estimate of drug-likeness (QED) is 0.884. The Kier molecular flexibility index (Phi) is 5.16. The van der Waals surface area contributed by atoms with Gasteiger partial charge in [0, 0.05) is 22.3 Å². The molecule has 0 aliphatic heterocycles. The largest absolute Gasteiger partial charge is 0.313 e. The van der Waals surface area contributed by atoms with E-state index in [-0.39, 0.29) is 0 Å². The zero-order chi connectivity index (χ0) is 13.7. The molecule has 0 fully saturated rings. The minimum atomic E-state index is 0.836. The molecule has 0 aliphatic rings. The van der Waals surface area contributed by atoms with E-state index in [0.29, 0.717) is 0 Å². The molecule has 4 heteroatoms. The van der Waals surface area contributed by atoms with E-state index in [1.165, 1.54) is 16.8 Å². The van der Waals surface area contributed by atoms with Crippen molar-refractivity contribution in [2.75, 3.05) is 6.54 Å². The van der Waals surface area contributed by atoms with Crippen molar-refractivity contribution in [2.24, 2.45) is 0 Å². The van der Waals surface area contributed by atoms with Crippen LogP contribution in [0, 0.1) is 0 Å². The molecule has 0 atom stereocenters. The van der Waals surface area contributed by atoms with Gasteiger partial charge in [0.05, 0.1) is 12.7 Å². The lowest BCUT2D eigenvalue weighted by molar-refractivity contribution is 0.642. The predicted molar refractivity (Wildman–Crippen MR) is 82.2 cm³/mol. The van der Waals surface area contributed by atoms with E-state index < -0.39 is 0 Å². The number of nitrogens with zero attached hydrogens (tertiary/aromatic N) is 2. The maximum atomic E-state index is 4.52. The van der Waals surface area contributed by atoms with Crippen molar-refractivity contribution in [3.05, 3.63) is 51.8 Å². The van der Waals surface area contributed by atoms with Gasteiger partial charge in [-0.25, -0.2) is 0 Å². The molecule has 19 heavy (non-hydrogen) atoms. The van der Waals surface area contributed by atoms with E-state index in [1.54, 1.807) is 0 Å². The number of aromatic nitrogens is 2. The average molecular weight is 322 g/mol. The fourth-order valence-corrected chi connectivity index (χ4v) is 2.43. The Hall–Kier alpha value is -1.13. The Balaban J connectivity index is 2.15. The van der Waals surface area contributed by atoms with Crippen LogP contribution in [-0.2, 0) is 19.5 Å². The highest BCUT2D eigenvalue weighted by molar-refractivity contribution is 9.10. The second-order valence-electron chi connectivity index (χ2n) is 4.53. The van der Waals surface area contributed by atoms with Crippen LogP contribution in [0.15, 0.2) is 34.9 Å². The first-order valence-corrected chi connectivity index (χ1v) is 7.52.